The summed E-state index contributed by atoms with van der Waals surface area (Å²) in [6.45, 7) is 0.774. The number of hydrogen-bond donors (Lipinski definition) is 1. The molecule has 0 spiro atoms. The SMILES string of the molecule is CNCC(Cc1cc(Br)cs1)c1ccccc1F. The lowest BCUT2D eigenvalue weighted by molar-refractivity contribution is 0.558. The van der Waals surface area contributed by atoms with Crippen molar-refractivity contribution < 1.29 is 4.39 Å². The van der Waals surface area contributed by atoms with Gasteiger partial charge in [-0.15, -0.1) is 11.3 Å². The summed E-state index contributed by atoms with van der Waals surface area (Å²) >= 11 is 5.16. The van der Waals surface area contributed by atoms with E-state index in [1.807, 2.05) is 19.2 Å². The van der Waals surface area contributed by atoms with Crippen molar-refractivity contribution in [3.05, 3.63) is 56.4 Å². The Labute approximate surface area is 119 Å². The summed E-state index contributed by atoms with van der Waals surface area (Å²) in [5, 5.41) is 5.21. The number of rotatable bonds is 5. The van der Waals surface area contributed by atoms with Gasteiger partial charge >= 0.3 is 0 Å². The minimum absolute atomic E-state index is 0.117. The first kappa shape index (κ1) is 13.7. The third kappa shape index (κ3) is 3.40. The van der Waals surface area contributed by atoms with E-state index >= 15 is 0 Å². The molecule has 0 aliphatic rings. The fourth-order valence-electron chi connectivity index (χ4n) is 2.05. The van der Waals surface area contributed by atoms with E-state index in [1.165, 1.54) is 10.9 Å². The van der Waals surface area contributed by atoms with Gasteiger partial charge in [-0.05, 0) is 47.1 Å². The van der Waals surface area contributed by atoms with Crippen LogP contribution in [0.2, 0.25) is 0 Å². The van der Waals surface area contributed by atoms with Crippen molar-refractivity contribution in [1.29, 1.82) is 0 Å². The maximum atomic E-state index is 13.8. The number of halogens is 2. The van der Waals surface area contributed by atoms with Gasteiger partial charge in [0.25, 0.3) is 0 Å². The van der Waals surface area contributed by atoms with E-state index in [4.69, 9.17) is 0 Å². The summed E-state index contributed by atoms with van der Waals surface area (Å²) in [5.74, 6) is 0.0510. The molecule has 1 N–H and O–H groups in total. The van der Waals surface area contributed by atoms with E-state index in [1.54, 1.807) is 17.4 Å². The molecule has 1 heterocycles. The predicted octanol–water partition coefficient (Wildman–Crippen LogP) is 4.20. The Morgan fingerprint density at radius 2 is 2.17 bits per heavy atom. The molecular formula is C14H15BrFNS. The molecule has 0 fully saturated rings. The minimum atomic E-state index is -0.117. The van der Waals surface area contributed by atoms with E-state index in [-0.39, 0.29) is 11.7 Å². The average molecular weight is 328 g/mol. The van der Waals surface area contributed by atoms with E-state index in [0.29, 0.717) is 0 Å². The summed E-state index contributed by atoms with van der Waals surface area (Å²) in [4.78, 5) is 1.27. The molecule has 1 nitrogen and oxygen atoms in total. The molecular weight excluding hydrogens is 313 g/mol. The number of nitrogens with one attached hydrogen (secondary N) is 1. The molecule has 0 aliphatic heterocycles. The van der Waals surface area contributed by atoms with Crippen molar-refractivity contribution in [2.24, 2.45) is 0 Å². The Hall–Kier alpha value is -0.710. The fourth-order valence-corrected chi connectivity index (χ4v) is 3.58. The topological polar surface area (TPSA) is 12.0 Å². The highest BCUT2D eigenvalue weighted by Crippen LogP contribution is 2.27. The molecule has 2 aromatic rings. The van der Waals surface area contributed by atoms with Crippen LogP contribution < -0.4 is 5.32 Å². The quantitative estimate of drug-likeness (QED) is 0.868. The van der Waals surface area contributed by atoms with Gasteiger partial charge in [-0.2, -0.15) is 0 Å². The van der Waals surface area contributed by atoms with Gasteiger partial charge in [0.05, 0.1) is 0 Å². The first-order valence-electron chi connectivity index (χ1n) is 5.82. The average Bonchev–Trinajstić information content (AvgIpc) is 2.75. The normalized spacial score (nSPS) is 12.6. The standard InChI is InChI=1S/C14H15BrFNS/c1-17-8-10(6-12-7-11(15)9-18-12)13-4-2-3-5-14(13)16/h2-5,7,9-10,17H,6,8H2,1H3. The largest absolute Gasteiger partial charge is 0.319 e. The Bertz CT molecular complexity index is 512. The van der Waals surface area contributed by atoms with Crippen molar-refractivity contribution in [3.8, 4) is 0 Å². The van der Waals surface area contributed by atoms with Gasteiger partial charge in [-0.3, -0.25) is 0 Å². The van der Waals surface area contributed by atoms with E-state index < -0.39 is 0 Å². The highest BCUT2D eigenvalue weighted by Gasteiger charge is 2.16. The Kier molecular flexibility index (Phi) is 4.92. The zero-order chi connectivity index (χ0) is 13.0. The van der Waals surface area contributed by atoms with Crippen LogP contribution in [0.5, 0.6) is 0 Å². The lowest BCUT2D eigenvalue weighted by Crippen LogP contribution is -2.19. The van der Waals surface area contributed by atoms with Crippen LogP contribution >= 0.6 is 27.3 Å². The van der Waals surface area contributed by atoms with Crippen LogP contribution in [-0.2, 0) is 6.42 Å². The van der Waals surface area contributed by atoms with Crippen molar-refractivity contribution in [2.75, 3.05) is 13.6 Å². The van der Waals surface area contributed by atoms with Gasteiger partial charge in [0.1, 0.15) is 5.82 Å². The van der Waals surface area contributed by atoms with Crippen LogP contribution in [0.4, 0.5) is 4.39 Å². The summed E-state index contributed by atoms with van der Waals surface area (Å²) in [5.41, 5.74) is 0.788. The van der Waals surface area contributed by atoms with Gasteiger partial charge in [0.2, 0.25) is 0 Å². The third-order valence-electron chi connectivity index (χ3n) is 2.86. The van der Waals surface area contributed by atoms with Crippen LogP contribution in [0.1, 0.15) is 16.4 Å². The second-order valence-corrected chi connectivity index (χ2v) is 6.12. The van der Waals surface area contributed by atoms with Gasteiger partial charge in [0.15, 0.2) is 0 Å². The van der Waals surface area contributed by atoms with Crippen molar-refractivity contribution in [3.63, 3.8) is 0 Å². The number of benzene rings is 1. The van der Waals surface area contributed by atoms with Gasteiger partial charge in [-0.25, -0.2) is 4.39 Å². The Morgan fingerprint density at radius 3 is 2.78 bits per heavy atom. The molecule has 2 rings (SSSR count). The molecule has 4 heteroatoms. The Balaban J connectivity index is 2.20. The lowest BCUT2D eigenvalue weighted by atomic mass is 9.94. The molecule has 0 bridgehead atoms. The first-order chi connectivity index (χ1) is 8.70. The summed E-state index contributed by atoms with van der Waals surface area (Å²) in [6, 6.07) is 9.14. The van der Waals surface area contributed by atoms with Crippen LogP contribution in [0.3, 0.4) is 0 Å². The number of likely N-dealkylation sites (N-methyl/N-ethyl adjacent to an activating group) is 1. The zero-order valence-electron chi connectivity index (χ0n) is 10.1. The Morgan fingerprint density at radius 1 is 1.39 bits per heavy atom. The second-order valence-electron chi connectivity index (χ2n) is 4.21. The molecule has 1 aromatic heterocycles. The van der Waals surface area contributed by atoms with Crippen molar-refractivity contribution in [1.82, 2.24) is 5.32 Å². The molecule has 0 saturated carbocycles. The predicted molar refractivity (Wildman–Crippen MR) is 78.8 cm³/mol. The zero-order valence-corrected chi connectivity index (χ0v) is 12.5. The molecule has 0 aliphatic carbocycles. The van der Waals surface area contributed by atoms with Crippen LogP contribution in [0.15, 0.2) is 40.2 Å². The van der Waals surface area contributed by atoms with Gasteiger partial charge in [-0.1, -0.05) is 18.2 Å². The van der Waals surface area contributed by atoms with Gasteiger partial charge < -0.3 is 5.32 Å². The fraction of sp³-hybridized carbons (Fsp3) is 0.286. The van der Waals surface area contributed by atoms with Crippen LogP contribution in [0.25, 0.3) is 0 Å². The monoisotopic (exact) mass is 327 g/mol. The molecule has 1 atom stereocenters. The molecule has 0 saturated heterocycles. The molecule has 1 aromatic carbocycles. The second kappa shape index (κ2) is 6.45. The maximum Gasteiger partial charge on any atom is 0.126 e. The van der Waals surface area contributed by atoms with Crippen molar-refractivity contribution >= 4 is 27.3 Å². The molecule has 0 amide bonds. The maximum absolute atomic E-state index is 13.8. The number of hydrogen-bond acceptors (Lipinski definition) is 2. The highest BCUT2D eigenvalue weighted by atomic mass is 79.9. The smallest absolute Gasteiger partial charge is 0.126 e. The molecule has 96 valence electrons. The summed E-state index contributed by atoms with van der Waals surface area (Å²) < 4.78 is 14.9. The van der Waals surface area contributed by atoms with Crippen LogP contribution in [0, 0.1) is 5.82 Å². The van der Waals surface area contributed by atoms with Crippen LogP contribution in [-0.4, -0.2) is 13.6 Å². The van der Waals surface area contributed by atoms with Crippen molar-refractivity contribution in [2.45, 2.75) is 12.3 Å². The van der Waals surface area contributed by atoms with E-state index in [9.17, 15) is 4.39 Å². The first-order valence-corrected chi connectivity index (χ1v) is 7.50. The minimum Gasteiger partial charge on any atom is -0.319 e. The number of thiophene rings is 1. The highest BCUT2D eigenvalue weighted by molar-refractivity contribution is 9.10. The van der Waals surface area contributed by atoms with E-state index in [0.717, 1.165) is 23.0 Å². The lowest BCUT2D eigenvalue weighted by Gasteiger charge is -2.16. The van der Waals surface area contributed by atoms with Gasteiger partial charge in [0, 0.05) is 27.2 Å². The summed E-state index contributed by atoms with van der Waals surface area (Å²) in [7, 11) is 1.90. The third-order valence-corrected chi connectivity index (χ3v) is 4.58. The molecule has 1 unspecified atom stereocenters. The summed E-state index contributed by atoms with van der Waals surface area (Å²) in [6.07, 6.45) is 0.859. The molecule has 18 heavy (non-hydrogen) atoms. The molecule has 0 radical (unpaired) electrons. The van der Waals surface area contributed by atoms with E-state index in [2.05, 4.69) is 32.7 Å².